The Hall–Kier alpha value is -3.14. The molecule has 3 rings (SSSR count). The highest BCUT2D eigenvalue weighted by Crippen LogP contribution is 2.20. The van der Waals surface area contributed by atoms with Gasteiger partial charge in [0.2, 0.25) is 0 Å². The first-order valence-corrected chi connectivity index (χ1v) is 9.14. The van der Waals surface area contributed by atoms with Crippen LogP contribution in [0.25, 0.3) is 10.8 Å². The molecule has 0 aromatic heterocycles. The fourth-order valence-corrected chi connectivity index (χ4v) is 2.81. The van der Waals surface area contributed by atoms with Crippen molar-refractivity contribution in [3.63, 3.8) is 0 Å². The van der Waals surface area contributed by atoms with Gasteiger partial charge in [0, 0.05) is 0 Å². The molecule has 3 aromatic carbocycles. The Morgan fingerprint density at radius 3 is 2.41 bits per heavy atom. The molecule has 0 heterocycles. The van der Waals surface area contributed by atoms with Crippen LogP contribution >= 0.6 is 0 Å². The predicted octanol–water partition coefficient (Wildman–Crippen LogP) is 4.79. The van der Waals surface area contributed by atoms with Crippen LogP contribution in [0.2, 0.25) is 0 Å². The summed E-state index contributed by atoms with van der Waals surface area (Å²) in [4.78, 5) is 12.2. The lowest BCUT2D eigenvalue weighted by atomic mass is 10.0. The van der Waals surface area contributed by atoms with Gasteiger partial charge in [0.05, 0.1) is 5.71 Å². The molecular formula is C23H24N2O2. The van der Waals surface area contributed by atoms with Gasteiger partial charge < -0.3 is 4.74 Å². The Morgan fingerprint density at radius 1 is 0.963 bits per heavy atom. The second kappa shape index (κ2) is 8.99. The lowest BCUT2D eigenvalue weighted by Crippen LogP contribution is -2.26. The van der Waals surface area contributed by atoms with Crippen molar-refractivity contribution in [2.24, 2.45) is 11.0 Å². The first kappa shape index (κ1) is 18.6. The van der Waals surface area contributed by atoms with E-state index in [1.54, 1.807) is 0 Å². The first-order valence-electron chi connectivity index (χ1n) is 9.14. The van der Waals surface area contributed by atoms with Crippen LogP contribution in [0.1, 0.15) is 25.8 Å². The molecule has 0 saturated heterocycles. The molecule has 0 bridgehead atoms. The second-order valence-corrected chi connectivity index (χ2v) is 6.86. The molecule has 0 aliphatic heterocycles. The topological polar surface area (TPSA) is 50.7 Å². The monoisotopic (exact) mass is 360 g/mol. The third kappa shape index (κ3) is 5.42. The number of ether oxygens (including phenoxy) is 1. The lowest BCUT2D eigenvalue weighted by molar-refractivity contribution is -0.123. The van der Waals surface area contributed by atoms with E-state index in [1.165, 1.54) is 0 Å². The largest absolute Gasteiger partial charge is 0.484 e. The number of hydrogen-bond acceptors (Lipinski definition) is 3. The summed E-state index contributed by atoms with van der Waals surface area (Å²) in [7, 11) is 0. The smallest absolute Gasteiger partial charge is 0.277 e. The molecule has 138 valence electrons. The molecule has 27 heavy (non-hydrogen) atoms. The molecule has 0 fully saturated rings. The number of nitrogens with one attached hydrogen (secondary N) is 1. The number of nitrogens with zero attached hydrogens (tertiary/aromatic N) is 1. The summed E-state index contributed by atoms with van der Waals surface area (Å²) in [5.41, 5.74) is 4.50. The van der Waals surface area contributed by atoms with E-state index in [1.807, 2.05) is 72.8 Å². The van der Waals surface area contributed by atoms with Crippen LogP contribution in [-0.4, -0.2) is 18.2 Å². The summed E-state index contributed by atoms with van der Waals surface area (Å²) in [6.45, 7) is 4.18. The fourth-order valence-electron chi connectivity index (χ4n) is 2.81. The maximum atomic E-state index is 12.2. The van der Waals surface area contributed by atoms with Gasteiger partial charge in [0.15, 0.2) is 6.61 Å². The van der Waals surface area contributed by atoms with Crippen molar-refractivity contribution >= 4 is 22.4 Å². The third-order valence-corrected chi connectivity index (χ3v) is 4.12. The van der Waals surface area contributed by atoms with Crippen LogP contribution in [0.3, 0.4) is 0 Å². The summed E-state index contributed by atoms with van der Waals surface area (Å²) < 4.78 is 5.61. The molecule has 1 N–H and O–H groups in total. The van der Waals surface area contributed by atoms with Crippen molar-refractivity contribution in [3.8, 4) is 5.75 Å². The van der Waals surface area contributed by atoms with E-state index in [2.05, 4.69) is 24.4 Å². The highest BCUT2D eigenvalue weighted by molar-refractivity contribution is 6.01. The van der Waals surface area contributed by atoms with E-state index >= 15 is 0 Å². The highest BCUT2D eigenvalue weighted by Gasteiger charge is 2.08. The maximum absolute atomic E-state index is 12.2. The first-order chi connectivity index (χ1) is 13.1. The summed E-state index contributed by atoms with van der Waals surface area (Å²) in [5.74, 6) is 0.827. The van der Waals surface area contributed by atoms with Gasteiger partial charge in [-0.05, 0) is 40.8 Å². The van der Waals surface area contributed by atoms with Crippen LogP contribution in [0, 0.1) is 5.92 Å². The van der Waals surface area contributed by atoms with E-state index in [9.17, 15) is 4.79 Å². The van der Waals surface area contributed by atoms with Gasteiger partial charge in [-0.25, -0.2) is 5.43 Å². The van der Waals surface area contributed by atoms with Crippen molar-refractivity contribution in [3.05, 3.63) is 78.4 Å². The number of fused-ring (bicyclic) bond motifs is 1. The van der Waals surface area contributed by atoms with E-state index in [0.29, 0.717) is 11.7 Å². The van der Waals surface area contributed by atoms with Crippen LogP contribution < -0.4 is 10.2 Å². The standard InChI is InChI=1S/C23H24N2O2/c1-17(2)14-22(19-9-4-3-5-10-19)24-25-23(26)16-27-21-13-12-18-8-6-7-11-20(18)15-21/h3-13,15,17H,14,16H2,1-2H3,(H,25,26). The van der Waals surface area contributed by atoms with Crippen molar-refractivity contribution in [1.29, 1.82) is 0 Å². The van der Waals surface area contributed by atoms with Crippen LogP contribution in [0.5, 0.6) is 5.75 Å². The zero-order chi connectivity index (χ0) is 19.1. The van der Waals surface area contributed by atoms with E-state index in [-0.39, 0.29) is 12.5 Å². The van der Waals surface area contributed by atoms with Crippen molar-refractivity contribution in [2.45, 2.75) is 20.3 Å². The van der Waals surface area contributed by atoms with Crippen molar-refractivity contribution in [1.82, 2.24) is 5.43 Å². The number of amides is 1. The van der Waals surface area contributed by atoms with Crippen molar-refractivity contribution in [2.75, 3.05) is 6.61 Å². The fraction of sp³-hybridized carbons (Fsp3) is 0.217. The summed E-state index contributed by atoms with van der Waals surface area (Å²) in [6, 6.07) is 23.7. The molecule has 0 aliphatic carbocycles. The third-order valence-electron chi connectivity index (χ3n) is 4.12. The van der Waals surface area contributed by atoms with Crippen molar-refractivity contribution < 1.29 is 9.53 Å². The molecule has 0 unspecified atom stereocenters. The minimum absolute atomic E-state index is 0.0778. The quantitative estimate of drug-likeness (QED) is 0.487. The zero-order valence-electron chi connectivity index (χ0n) is 15.7. The molecular weight excluding hydrogens is 336 g/mol. The zero-order valence-corrected chi connectivity index (χ0v) is 15.7. The number of carbonyl (C=O) groups excluding carboxylic acids is 1. The Labute approximate surface area is 159 Å². The van der Waals surface area contributed by atoms with Gasteiger partial charge in [-0.15, -0.1) is 0 Å². The molecule has 0 aliphatic rings. The van der Waals surface area contributed by atoms with Gasteiger partial charge in [-0.2, -0.15) is 5.10 Å². The number of benzene rings is 3. The van der Waals surface area contributed by atoms with Crippen LogP contribution in [-0.2, 0) is 4.79 Å². The van der Waals surface area contributed by atoms with Crippen LogP contribution in [0.15, 0.2) is 77.9 Å². The van der Waals surface area contributed by atoms with Gasteiger partial charge >= 0.3 is 0 Å². The molecule has 0 saturated carbocycles. The van der Waals surface area contributed by atoms with Gasteiger partial charge in [-0.1, -0.05) is 74.5 Å². The SMILES string of the molecule is CC(C)CC(=NNC(=O)COc1ccc2ccccc2c1)c1ccccc1. The maximum Gasteiger partial charge on any atom is 0.277 e. The minimum Gasteiger partial charge on any atom is -0.484 e. The highest BCUT2D eigenvalue weighted by atomic mass is 16.5. The average molecular weight is 360 g/mol. The van der Waals surface area contributed by atoms with Gasteiger partial charge in [-0.3, -0.25) is 4.79 Å². The molecule has 1 amide bonds. The molecule has 0 atom stereocenters. The Morgan fingerprint density at radius 2 is 1.67 bits per heavy atom. The molecule has 0 radical (unpaired) electrons. The minimum atomic E-state index is -0.277. The molecule has 4 nitrogen and oxygen atoms in total. The van der Waals surface area contributed by atoms with Gasteiger partial charge in [0.25, 0.3) is 5.91 Å². The molecule has 4 heteroatoms. The van der Waals surface area contributed by atoms with Crippen LogP contribution in [0.4, 0.5) is 0 Å². The number of carbonyl (C=O) groups is 1. The van der Waals surface area contributed by atoms with Gasteiger partial charge in [0.1, 0.15) is 5.75 Å². The average Bonchev–Trinajstić information content (AvgIpc) is 2.69. The summed E-state index contributed by atoms with van der Waals surface area (Å²) in [5, 5.41) is 6.55. The van der Waals surface area contributed by atoms with E-state index in [0.717, 1.165) is 28.5 Å². The summed E-state index contributed by atoms with van der Waals surface area (Å²) in [6.07, 6.45) is 0.788. The number of hydrogen-bond donors (Lipinski definition) is 1. The normalized spacial score (nSPS) is 11.6. The Bertz CT molecular complexity index is 933. The summed E-state index contributed by atoms with van der Waals surface area (Å²) >= 11 is 0. The van der Waals surface area contributed by atoms with E-state index in [4.69, 9.17) is 4.74 Å². The Kier molecular flexibility index (Phi) is 6.21. The molecule has 3 aromatic rings. The Balaban J connectivity index is 1.62. The van der Waals surface area contributed by atoms with E-state index < -0.39 is 0 Å². The second-order valence-electron chi connectivity index (χ2n) is 6.86. The molecule has 0 spiro atoms. The predicted molar refractivity (Wildman–Crippen MR) is 110 cm³/mol. The number of hydrazone groups is 1. The number of rotatable bonds is 7. The lowest BCUT2D eigenvalue weighted by Gasteiger charge is -2.10.